The number of hydrogen-bond acceptors (Lipinski definition) is 2. The molecule has 1 rings (SSSR count). The third-order valence-corrected chi connectivity index (χ3v) is 5.49. The SMILES string of the molecule is CCC(C)(C)CCC(Oc1ccccc1)(C([NH])=O)C(C)(C)CC. The predicted molar refractivity (Wildman–Crippen MR) is 95.3 cm³/mol. The van der Waals surface area contributed by atoms with E-state index >= 15 is 0 Å². The van der Waals surface area contributed by atoms with Crippen molar-refractivity contribution in [1.29, 1.82) is 0 Å². The van der Waals surface area contributed by atoms with E-state index in [0.717, 1.165) is 19.3 Å². The van der Waals surface area contributed by atoms with E-state index in [1.807, 2.05) is 44.2 Å². The predicted octanol–water partition coefficient (Wildman–Crippen LogP) is 5.27. The molecule has 0 spiro atoms. The molecular weight excluding hydrogens is 286 g/mol. The first-order valence-corrected chi connectivity index (χ1v) is 8.60. The summed E-state index contributed by atoms with van der Waals surface area (Å²) in [7, 11) is 0. The molecule has 1 N–H and O–H groups in total. The zero-order valence-electron chi connectivity index (χ0n) is 15.5. The average Bonchev–Trinajstić information content (AvgIpc) is 2.52. The number of carbonyl (C=O) groups is 1. The zero-order valence-corrected chi connectivity index (χ0v) is 15.5. The Kier molecular flexibility index (Phi) is 6.26. The lowest BCUT2D eigenvalue weighted by Crippen LogP contribution is -2.56. The molecule has 1 radical (unpaired) electrons. The van der Waals surface area contributed by atoms with Crippen LogP contribution in [-0.4, -0.2) is 11.5 Å². The number of para-hydroxylation sites is 1. The van der Waals surface area contributed by atoms with E-state index in [9.17, 15) is 4.79 Å². The van der Waals surface area contributed by atoms with Crippen molar-refractivity contribution in [2.45, 2.75) is 72.8 Å². The van der Waals surface area contributed by atoms with E-state index in [1.165, 1.54) is 0 Å². The maximum atomic E-state index is 12.4. The van der Waals surface area contributed by atoms with Crippen molar-refractivity contribution in [2.75, 3.05) is 0 Å². The normalized spacial score (nSPS) is 15.0. The van der Waals surface area contributed by atoms with Gasteiger partial charge in [-0.2, -0.15) is 0 Å². The number of nitrogens with one attached hydrogen (secondary N) is 1. The molecule has 129 valence electrons. The van der Waals surface area contributed by atoms with E-state index < -0.39 is 16.9 Å². The number of carbonyl (C=O) groups excluding carboxylic acids is 1. The molecule has 1 amide bonds. The maximum Gasteiger partial charge on any atom is 0.283 e. The molecule has 0 aliphatic carbocycles. The van der Waals surface area contributed by atoms with Crippen LogP contribution in [0, 0.1) is 10.8 Å². The summed E-state index contributed by atoms with van der Waals surface area (Å²) in [6.45, 7) is 12.7. The van der Waals surface area contributed by atoms with E-state index in [0.29, 0.717) is 12.2 Å². The van der Waals surface area contributed by atoms with Gasteiger partial charge in [-0.3, -0.25) is 10.5 Å². The lowest BCUT2D eigenvalue weighted by atomic mass is 9.67. The first-order valence-electron chi connectivity index (χ1n) is 8.60. The third kappa shape index (κ3) is 4.49. The monoisotopic (exact) mass is 318 g/mol. The second kappa shape index (κ2) is 7.37. The van der Waals surface area contributed by atoms with Crippen molar-refractivity contribution >= 4 is 5.91 Å². The topological polar surface area (TPSA) is 50.1 Å². The minimum atomic E-state index is -1.12. The Morgan fingerprint density at radius 3 is 2.00 bits per heavy atom. The lowest BCUT2D eigenvalue weighted by molar-refractivity contribution is -0.148. The third-order valence-electron chi connectivity index (χ3n) is 5.49. The highest BCUT2D eigenvalue weighted by molar-refractivity contribution is 5.84. The Labute approximate surface area is 141 Å². The first-order chi connectivity index (χ1) is 10.6. The second-order valence-corrected chi connectivity index (χ2v) is 7.83. The summed E-state index contributed by atoms with van der Waals surface area (Å²) in [6.07, 6.45) is 3.22. The second-order valence-electron chi connectivity index (χ2n) is 7.83. The maximum absolute atomic E-state index is 12.4. The number of rotatable bonds is 9. The first kappa shape index (κ1) is 19.5. The molecule has 23 heavy (non-hydrogen) atoms. The van der Waals surface area contributed by atoms with Gasteiger partial charge in [0.2, 0.25) is 0 Å². The molecule has 1 unspecified atom stereocenters. The van der Waals surface area contributed by atoms with Crippen LogP contribution >= 0.6 is 0 Å². The van der Waals surface area contributed by atoms with E-state index in [-0.39, 0.29) is 5.41 Å². The van der Waals surface area contributed by atoms with Gasteiger partial charge >= 0.3 is 0 Å². The van der Waals surface area contributed by atoms with Crippen molar-refractivity contribution in [3.05, 3.63) is 30.3 Å². The zero-order chi connectivity index (χ0) is 17.7. The summed E-state index contributed by atoms with van der Waals surface area (Å²) in [4.78, 5) is 12.4. The molecule has 1 atom stereocenters. The van der Waals surface area contributed by atoms with Crippen LogP contribution in [0.2, 0.25) is 0 Å². The van der Waals surface area contributed by atoms with Gasteiger partial charge in [0.05, 0.1) is 0 Å². The van der Waals surface area contributed by atoms with Crippen LogP contribution in [0.3, 0.4) is 0 Å². The quantitative estimate of drug-likeness (QED) is 0.623. The highest BCUT2D eigenvalue weighted by Crippen LogP contribution is 2.44. The fourth-order valence-corrected chi connectivity index (χ4v) is 2.66. The van der Waals surface area contributed by atoms with Crippen LogP contribution in [-0.2, 0) is 4.79 Å². The minimum absolute atomic E-state index is 0.130. The Morgan fingerprint density at radius 1 is 1.00 bits per heavy atom. The number of benzene rings is 1. The van der Waals surface area contributed by atoms with E-state index in [2.05, 4.69) is 27.7 Å². The molecule has 0 bridgehead atoms. The minimum Gasteiger partial charge on any atom is -0.477 e. The molecule has 0 aliphatic rings. The van der Waals surface area contributed by atoms with Gasteiger partial charge in [0.25, 0.3) is 5.91 Å². The Bertz CT molecular complexity index is 508. The molecule has 3 heteroatoms. The van der Waals surface area contributed by atoms with Gasteiger partial charge in [0, 0.05) is 5.41 Å². The number of ether oxygens (including phenoxy) is 1. The van der Waals surface area contributed by atoms with Gasteiger partial charge in [-0.1, -0.05) is 66.2 Å². The highest BCUT2D eigenvalue weighted by atomic mass is 16.5. The average molecular weight is 318 g/mol. The van der Waals surface area contributed by atoms with Crippen LogP contribution in [0.1, 0.15) is 67.2 Å². The molecular formula is C20H32NO2. The Hall–Kier alpha value is -1.51. The van der Waals surface area contributed by atoms with Crippen molar-refractivity contribution < 1.29 is 9.53 Å². The van der Waals surface area contributed by atoms with Crippen LogP contribution in [0.15, 0.2) is 30.3 Å². The smallest absolute Gasteiger partial charge is 0.283 e. The van der Waals surface area contributed by atoms with Crippen LogP contribution in [0.25, 0.3) is 0 Å². The van der Waals surface area contributed by atoms with Crippen molar-refractivity contribution in [2.24, 2.45) is 10.8 Å². The summed E-state index contributed by atoms with van der Waals surface area (Å²) >= 11 is 0. The van der Waals surface area contributed by atoms with Gasteiger partial charge < -0.3 is 4.74 Å². The molecule has 1 aromatic rings. The van der Waals surface area contributed by atoms with Gasteiger partial charge in [-0.15, -0.1) is 0 Å². The van der Waals surface area contributed by atoms with Crippen LogP contribution in [0.4, 0.5) is 0 Å². The Balaban J connectivity index is 3.23. The molecule has 0 heterocycles. The van der Waals surface area contributed by atoms with Crippen LogP contribution < -0.4 is 10.5 Å². The summed E-state index contributed by atoms with van der Waals surface area (Å²) in [5, 5.41) is 0. The fraction of sp³-hybridized carbons (Fsp3) is 0.650. The highest BCUT2D eigenvalue weighted by Gasteiger charge is 2.52. The van der Waals surface area contributed by atoms with Gasteiger partial charge in [-0.25, -0.2) is 0 Å². The molecule has 0 fully saturated rings. The van der Waals surface area contributed by atoms with Gasteiger partial charge in [-0.05, 0) is 36.8 Å². The van der Waals surface area contributed by atoms with Crippen LogP contribution in [0.5, 0.6) is 5.75 Å². The summed E-state index contributed by atoms with van der Waals surface area (Å²) < 4.78 is 6.22. The largest absolute Gasteiger partial charge is 0.477 e. The molecule has 0 saturated carbocycles. The van der Waals surface area contributed by atoms with E-state index in [4.69, 9.17) is 10.5 Å². The van der Waals surface area contributed by atoms with Gasteiger partial charge in [0.1, 0.15) is 5.75 Å². The van der Waals surface area contributed by atoms with Crippen molar-refractivity contribution in [3.8, 4) is 5.75 Å². The molecule has 0 aliphatic heterocycles. The standard InChI is InChI=1S/C20H32NO2/c1-7-18(3,4)14-15-20(17(21)22,19(5,6)8-2)23-16-12-10-9-11-13-16/h9-13,21H,7-8,14-15H2,1-6H3. The molecule has 1 aromatic carbocycles. The summed E-state index contributed by atoms with van der Waals surface area (Å²) in [5.74, 6) is 0.0315. The van der Waals surface area contributed by atoms with E-state index in [1.54, 1.807) is 0 Å². The number of amides is 1. The van der Waals surface area contributed by atoms with Crippen molar-refractivity contribution in [3.63, 3.8) is 0 Å². The summed E-state index contributed by atoms with van der Waals surface area (Å²) in [6, 6.07) is 9.41. The molecule has 0 saturated heterocycles. The molecule has 0 aromatic heterocycles. The lowest BCUT2D eigenvalue weighted by Gasteiger charge is -2.45. The number of hydrogen-bond donors (Lipinski definition) is 0. The fourth-order valence-electron chi connectivity index (χ4n) is 2.66. The molecule has 3 nitrogen and oxygen atoms in total. The van der Waals surface area contributed by atoms with Crippen molar-refractivity contribution in [1.82, 2.24) is 5.73 Å². The van der Waals surface area contributed by atoms with Gasteiger partial charge in [0.15, 0.2) is 5.60 Å². The Morgan fingerprint density at radius 2 is 1.57 bits per heavy atom. The summed E-state index contributed by atoms with van der Waals surface area (Å²) in [5.41, 5.74) is 6.60.